The summed E-state index contributed by atoms with van der Waals surface area (Å²) in [4.78, 5) is 11.5. The van der Waals surface area contributed by atoms with E-state index in [9.17, 15) is 4.79 Å². The second-order valence-electron chi connectivity index (χ2n) is 5.54. The van der Waals surface area contributed by atoms with Gasteiger partial charge < -0.3 is 10.6 Å². The summed E-state index contributed by atoms with van der Waals surface area (Å²) in [5.74, 6) is 0.0676. The molecule has 3 nitrogen and oxygen atoms in total. The van der Waals surface area contributed by atoms with Crippen molar-refractivity contribution in [1.82, 2.24) is 10.6 Å². The van der Waals surface area contributed by atoms with Crippen LogP contribution in [0, 0.1) is 0 Å². The SMILES string of the molecule is CC(C)(C)NCC(=O)NCCCc1ccccc1. The Morgan fingerprint density at radius 1 is 1.17 bits per heavy atom. The first-order valence-corrected chi connectivity index (χ1v) is 6.53. The highest BCUT2D eigenvalue weighted by Gasteiger charge is 2.10. The van der Waals surface area contributed by atoms with Crippen molar-refractivity contribution >= 4 is 5.91 Å². The van der Waals surface area contributed by atoms with Gasteiger partial charge in [-0.1, -0.05) is 30.3 Å². The van der Waals surface area contributed by atoms with Gasteiger partial charge in [0.1, 0.15) is 0 Å². The predicted octanol–water partition coefficient (Wildman–Crippen LogP) is 2.12. The molecule has 3 heteroatoms. The first-order chi connectivity index (χ1) is 8.47. The standard InChI is InChI=1S/C15H24N2O/c1-15(2,3)17-12-14(18)16-11-7-10-13-8-5-4-6-9-13/h4-6,8-9,17H,7,10-12H2,1-3H3,(H,16,18). The van der Waals surface area contributed by atoms with Gasteiger partial charge in [-0.25, -0.2) is 0 Å². The van der Waals surface area contributed by atoms with Crippen LogP contribution >= 0.6 is 0 Å². The van der Waals surface area contributed by atoms with Crippen LogP contribution in [-0.2, 0) is 11.2 Å². The van der Waals surface area contributed by atoms with E-state index >= 15 is 0 Å². The Morgan fingerprint density at radius 2 is 1.83 bits per heavy atom. The van der Waals surface area contributed by atoms with Crippen molar-refractivity contribution in [2.45, 2.75) is 39.2 Å². The van der Waals surface area contributed by atoms with E-state index in [0.29, 0.717) is 6.54 Å². The van der Waals surface area contributed by atoms with Crippen molar-refractivity contribution in [3.63, 3.8) is 0 Å². The largest absolute Gasteiger partial charge is 0.355 e. The van der Waals surface area contributed by atoms with Gasteiger partial charge in [-0.3, -0.25) is 4.79 Å². The highest BCUT2D eigenvalue weighted by atomic mass is 16.1. The minimum atomic E-state index is -0.0125. The lowest BCUT2D eigenvalue weighted by Crippen LogP contribution is -2.43. The molecule has 0 aliphatic rings. The molecule has 1 aromatic carbocycles. The predicted molar refractivity (Wildman–Crippen MR) is 75.5 cm³/mol. The third kappa shape index (κ3) is 7.07. The number of benzene rings is 1. The number of nitrogens with one attached hydrogen (secondary N) is 2. The highest BCUT2D eigenvalue weighted by molar-refractivity contribution is 5.78. The first kappa shape index (κ1) is 14.7. The van der Waals surface area contributed by atoms with Gasteiger partial charge in [0.15, 0.2) is 0 Å². The summed E-state index contributed by atoms with van der Waals surface area (Å²) in [5.41, 5.74) is 1.31. The summed E-state index contributed by atoms with van der Waals surface area (Å²) in [7, 11) is 0. The molecule has 0 aromatic heterocycles. The molecular weight excluding hydrogens is 224 g/mol. The van der Waals surface area contributed by atoms with Gasteiger partial charge in [0.2, 0.25) is 5.91 Å². The van der Waals surface area contributed by atoms with E-state index in [0.717, 1.165) is 19.4 Å². The lowest BCUT2D eigenvalue weighted by atomic mass is 10.1. The molecule has 1 aromatic rings. The van der Waals surface area contributed by atoms with Crippen molar-refractivity contribution in [3.8, 4) is 0 Å². The summed E-state index contributed by atoms with van der Waals surface area (Å²) < 4.78 is 0. The van der Waals surface area contributed by atoms with E-state index in [2.05, 4.69) is 43.5 Å². The minimum Gasteiger partial charge on any atom is -0.355 e. The zero-order valence-electron chi connectivity index (χ0n) is 11.6. The zero-order valence-corrected chi connectivity index (χ0v) is 11.6. The molecule has 100 valence electrons. The molecule has 1 amide bonds. The van der Waals surface area contributed by atoms with Gasteiger partial charge in [0, 0.05) is 12.1 Å². The average Bonchev–Trinajstić information content (AvgIpc) is 2.33. The van der Waals surface area contributed by atoms with Crippen molar-refractivity contribution < 1.29 is 4.79 Å². The summed E-state index contributed by atoms with van der Waals surface area (Å²) in [6.07, 6.45) is 1.99. The van der Waals surface area contributed by atoms with Gasteiger partial charge in [-0.2, -0.15) is 0 Å². The Morgan fingerprint density at radius 3 is 2.44 bits per heavy atom. The second kappa shape index (κ2) is 7.17. The zero-order chi connectivity index (χ0) is 13.4. The Hall–Kier alpha value is -1.35. The van der Waals surface area contributed by atoms with Crippen LogP contribution in [0.15, 0.2) is 30.3 Å². The van der Waals surface area contributed by atoms with Gasteiger partial charge >= 0.3 is 0 Å². The molecule has 0 atom stereocenters. The fourth-order valence-electron chi connectivity index (χ4n) is 1.57. The van der Waals surface area contributed by atoms with Crippen molar-refractivity contribution in [2.75, 3.05) is 13.1 Å². The summed E-state index contributed by atoms with van der Waals surface area (Å²) in [6.45, 7) is 7.27. The van der Waals surface area contributed by atoms with E-state index in [4.69, 9.17) is 0 Å². The van der Waals surface area contributed by atoms with E-state index in [1.54, 1.807) is 0 Å². The van der Waals surface area contributed by atoms with Gasteiger partial charge in [-0.05, 0) is 39.2 Å². The van der Waals surface area contributed by atoms with Crippen LogP contribution in [0.4, 0.5) is 0 Å². The third-order valence-electron chi connectivity index (χ3n) is 2.59. The van der Waals surface area contributed by atoms with Crippen molar-refractivity contribution in [1.29, 1.82) is 0 Å². The molecule has 0 saturated carbocycles. The Balaban J connectivity index is 2.09. The summed E-state index contributed by atoms with van der Waals surface area (Å²) in [5, 5.41) is 6.09. The first-order valence-electron chi connectivity index (χ1n) is 6.53. The quantitative estimate of drug-likeness (QED) is 0.757. The monoisotopic (exact) mass is 248 g/mol. The Kier molecular flexibility index (Phi) is 5.86. The maximum Gasteiger partial charge on any atom is 0.233 e. The minimum absolute atomic E-state index is 0.0125. The molecule has 0 bridgehead atoms. The number of carbonyl (C=O) groups excluding carboxylic acids is 1. The molecule has 2 N–H and O–H groups in total. The molecule has 0 aliphatic carbocycles. The van der Waals surface area contributed by atoms with Crippen molar-refractivity contribution in [2.24, 2.45) is 0 Å². The topological polar surface area (TPSA) is 41.1 Å². The lowest BCUT2D eigenvalue weighted by Gasteiger charge is -2.19. The Labute approximate surface area is 110 Å². The molecule has 1 rings (SSSR count). The van der Waals surface area contributed by atoms with E-state index < -0.39 is 0 Å². The smallest absolute Gasteiger partial charge is 0.233 e. The average molecular weight is 248 g/mol. The van der Waals surface area contributed by atoms with Crippen LogP contribution in [0.25, 0.3) is 0 Å². The second-order valence-corrected chi connectivity index (χ2v) is 5.54. The molecule has 0 fully saturated rings. The van der Waals surface area contributed by atoms with Crippen molar-refractivity contribution in [3.05, 3.63) is 35.9 Å². The molecule has 0 radical (unpaired) electrons. The van der Waals surface area contributed by atoms with Crippen LogP contribution in [0.2, 0.25) is 0 Å². The van der Waals surface area contributed by atoms with Crippen LogP contribution in [0.3, 0.4) is 0 Å². The number of carbonyl (C=O) groups is 1. The third-order valence-corrected chi connectivity index (χ3v) is 2.59. The fourth-order valence-corrected chi connectivity index (χ4v) is 1.57. The van der Waals surface area contributed by atoms with Crippen LogP contribution in [0.1, 0.15) is 32.8 Å². The maximum absolute atomic E-state index is 11.5. The van der Waals surface area contributed by atoms with Crippen LogP contribution in [-0.4, -0.2) is 24.5 Å². The van der Waals surface area contributed by atoms with Crippen LogP contribution in [0.5, 0.6) is 0 Å². The molecule has 0 unspecified atom stereocenters. The highest BCUT2D eigenvalue weighted by Crippen LogP contribution is 2.01. The summed E-state index contributed by atoms with van der Waals surface area (Å²) in [6, 6.07) is 10.3. The normalized spacial score (nSPS) is 11.3. The molecule has 0 saturated heterocycles. The van der Waals surface area contributed by atoms with Gasteiger partial charge in [-0.15, -0.1) is 0 Å². The molecule has 0 aliphatic heterocycles. The van der Waals surface area contributed by atoms with E-state index in [-0.39, 0.29) is 11.4 Å². The molecule has 18 heavy (non-hydrogen) atoms. The molecular formula is C15H24N2O. The number of hydrogen-bond donors (Lipinski definition) is 2. The molecule has 0 heterocycles. The van der Waals surface area contributed by atoms with E-state index in [1.165, 1.54) is 5.56 Å². The van der Waals surface area contributed by atoms with Gasteiger partial charge in [0.25, 0.3) is 0 Å². The number of rotatable bonds is 6. The molecule has 0 spiro atoms. The maximum atomic E-state index is 11.5. The number of hydrogen-bond acceptors (Lipinski definition) is 2. The lowest BCUT2D eigenvalue weighted by molar-refractivity contribution is -0.120. The van der Waals surface area contributed by atoms with Crippen LogP contribution < -0.4 is 10.6 Å². The number of aryl methyl sites for hydroxylation is 1. The Bertz CT molecular complexity index is 355. The number of amides is 1. The summed E-state index contributed by atoms with van der Waals surface area (Å²) >= 11 is 0. The van der Waals surface area contributed by atoms with Gasteiger partial charge in [0.05, 0.1) is 6.54 Å². The van der Waals surface area contributed by atoms with E-state index in [1.807, 2.05) is 18.2 Å². The fraction of sp³-hybridized carbons (Fsp3) is 0.533.